The van der Waals surface area contributed by atoms with Crippen molar-refractivity contribution < 1.29 is 9.13 Å². The zero-order valence-electron chi connectivity index (χ0n) is 10.4. The monoisotopic (exact) mass is 324 g/mol. The highest BCUT2D eigenvalue weighted by Gasteiger charge is 2.16. The van der Waals surface area contributed by atoms with Crippen molar-refractivity contribution >= 4 is 15.9 Å². The Balaban J connectivity index is 2.44. The molecule has 1 unspecified atom stereocenters. The van der Waals surface area contributed by atoms with Crippen LogP contribution in [0.15, 0.2) is 46.9 Å². The molecule has 0 spiro atoms. The zero-order chi connectivity index (χ0) is 13.8. The van der Waals surface area contributed by atoms with Crippen LogP contribution in [0.3, 0.4) is 0 Å². The van der Waals surface area contributed by atoms with Crippen LogP contribution in [0.5, 0.6) is 5.75 Å². The van der Waals surface area contributed by atoms with Gasteiger partial charge in [0.05, 0.1) is 13.2 Å². The topological polar surface area (TPSA) is 47.3 Å². The van der Waals surface area contributed by atoms with E-state index in [0.29, 0.717) is 0 Å². The van der Waals surface area contributed by atoms with E-state index in [2.05, 4.69) is 21.4 Å². The second-order valence-corrected chi connectivity index (χ2v) is 4.89. The van der Waals surface area contributed by atoms with Crippen LogP contribution < -0.4 is 16.0 Å². The van der Waals surface area contributed by atoms with Gasteiger partial charge in [-0.3, -0.25) is 5.84 Å². The van der Waals surface area contributed by atoms with E-state index < -0.39 is 0 Å². The van der Waals surface area contributed by atoms with E-state index in [9.17, 15) is 4.39 Å². The van der Waals surface area contributed by atoms with Crippen molar-refractivity contribution in [2.45, 2.75) is 6.04 Å². The smallest absolute Gasteiger partial charge is 0.123 e. The van der Waals surface area contributed by atoms with E-state index in [0.717, 1.165) is 21.3 Å². The lowest BCUT2D eigenvalue weighted by Gasteiger charge is -2.19. The molecule has 0 aliphatic heterocycles. The van der Waals surface area contributed by atoms with Crippen LogP contribution in [0, 0.1) is 5.82 Å². The molecule has 19 heavy (non-hydrogen) atoms. The lowest BCUT2D eigenvalue weighted by Crippen LogP contribution is -2.29. The lowest BCUT2D eigenvalue weighted by molar-refractivity contribution is 0.413. The molecule has 2 aromatic rings. The largest absolute Gasteiger partial charge is 0.497 e. The van der Waals surface area contributed by atoms with Crippen molar-refractivity contribution in [2.75, 3.05) is 7.11 Å². The Morgan fingerprint density at radius 1 is 1.21 bits per heavy atom. The Hall–Kier alpha value is -1.43. The van der Waals surface area contributed by atoms with Gasteiger partial charge in [-0.2, -0.15) is 0 Å². The van der Waals surface area contributed by atoms with Crippen molar-refractivity contribution in [3.05, 3.63) is 63.9 Å². The lowest BCUT2D eigenvalue weighted by atomic mass is 9.99. The van der Waals surface area contributed by atoms with Crippen LogP contribution in [0.2, 0.25) is 0 Å². The van der Waals surface area contributed by atoms with Gasteiger partial charge in [0.2, 0.25) is 0 Å². The Kier molecular flexibility index (Phi) is 4.52. The highest BCUT2D eigenvalue weighted by molar-refractivity contribution is 9.10. The van der Waals surface area contributed by atoms with Gasteiger partial charge < -0.3 is 4.74 Å². The van der Waals surface area contributed by atoms with Gasteiger partial charge in [-0.1, -0.05) is 28.1 Å². The summed E-state index contributed by atoms with van der Waals surface area (Å²) in [6, 6.07) is 11.6. The van der Waals surface area contributed by atoms with Gasteiger partial charge in [0.15, 0.2) is 0 Å². The molecule has 0 heterocycles. The number of nitrogens with two attached hydrogens (primary N) is 1. The van der Waals surface area contributed by atoms with Crippen LogP contribution in [0.1, 0.15) is 17.2 Å². The van der Waals surface area contributed by atoms with Crippen LogP contribution in [0.4, 0.5) is 4.39 Å². The number of methoxy groups -OCH3 is 1. The number of hydrogen-bond donors (Lipinski definition) is 2. The predicted molar refractivity (Wildman–Crippen MR) is 76.3 cm³/mol. The Labute approximate surface area is 119 Å². The molecular weight excluding hydrogens is 311 g/mol. The first-order valence-electron chi connectivity index (χ1n) is 5.70. The predicted octanol–water partition coefficient (Wildman–Crippen LogP) is 3.15. The number of rotatable bonds is 4. The molecule has 2 rings (SSSR count). The van der Waals surface area contributed by atoms with Crippen molar-refractivity contribution in [2.24, 2.45) is 5.84 Å². The molecule has 0 radical (unpaired) electrons. The number of hydrazine groups is 1. The third-order valence-electron chi connectivity index (χ3n) is 2.88. The summed E-state index contributed by atoms with van der Waals surface area (Å²) < 4.78 is 19.1. The summed E-state index contributed by atoms with van der Waals surface area (Å²) in [6.45, 7) is 0. The Morgan fingerprint density at radius 2 is 1.89 bits per heavy atom. The third kappa shape index (κ3) is 3.12. The van der Waals surface area contributed by atoms with Gasteiger partial charge in [-0.05, 0) is 41.5 Å². The minimum absolute atomic E-state index is 0.245. The minimum Gasteiger partial charge on any atom is -0.497 e. The summed E-state index contributed by atoms with van der Waals surface area (Å²) in [7, 11) is 1.61. The van der Waals surface area contributed by atoms with E-state index in [1.165, 1.54) is 12.1 Å². The van der Waals surface area contributed by atoms with Crippen molar-refractivity contribution in [1.82, 2.24) is 5.43 Å². The average Bonchev–Trinajstić information content (AvgIpc) is 2.43. The highest BCUT2D eigenvalue weighted by Crippen LogP contribution is 2.31. The highest BCUT2D eigenvalue weighted by atomic mass is 79.9. The maximum Gasteiger partial charge on any atom is 0.123 e. The third-order valence-corrected chi connectivity index (χ3v) is 3.61. The molecule has 1 atom stereocenters. The van der Waals surface area contributed by atoms with E-state index in [-0.39, 0.29) is 11.9 Å². The fourth-order valence-corrected chi connectivity index (χ4v) is 2.37. The van der Waals surface area contributed by atoms with Gasteiger partial charge in [0.1, 0.15) is 11.6 Å². The second kappa shape index (κ2) is 6.14. The summed E-state index contributed by atoms with van der Waals surface area (Å²) in [4.78, 5) is 0. The fourth-order valence-electron chi connectivity index (χ4n) is 1.89. The van der Waals surface area contributed by atoms with Crippen molar-refractivity contribution in [3.63, 3.8) is 0 Å². The molecule has 0 fully saturated rings. The molecule has 0 saturated carbocycles. The van der Waals surface area contributed by atoms with Gasteiger partial charge in [-0.25, -0.2) is 9.82 Å². The Morgan fingerprint density at radius 3 is 2.47 bits per heavy atom. The molecule has 0 aliphatic carbocycles. The second-order valence-electron chi connectivity index (χ2n) is 4.04. The maximum atomic E-state index is 13.0. The molecular formula is C14H14BrFN2O. The number of nitrogens with one attached hydrogen (secondary N) is 1. The summed E-state index contributed by atoms with van der Waals surface area (Å²) in [5.41, 5.74) is 4.54. The normalized spacial score (nSPS) is 12.2. The maximum absolute atomic E-state index is 13.0. The molecule has 5 heteroatoms. The van der Waals surface area contributed by atoms with E-state index >= 15 is 0 Å². The molecule has 3 nitrogen and oxygen atoms in total. The fraction of sp³-hybridized carbons (Fsp3) is 0.143. The van der Waals surface area contributed by atoms with Crippen LogP contribution in [-0.4, -0.2) is 7.11 Å². The quantitative estimate of drug-likeness (QED) is 0.671. The zero-order valence-corrected chi connectivity index (χ0v) is 11.9. The van der Waals surface area contributed by atoms with E-state index in [1.807, 2.05) is 18.2 Å². The summed E-state index contributed by atoms with van der Waals surface area (Å²) in [5, 5.41) is 0. The number of benzene rings is 2. The molecule has 0 aromatic heterocycles. The van der Waals surface area contributed by atoms with E-state index in [4.69, 9.17) is 10.6 Å². The van der Waals surface area contributed by atoms with Crippen LogP contribution in [-0.2, 0) is 0 Å². The SMILES string of the molecule is COc1ccc(Br)c(C(NN)c2ccc(F)cc2)c1. The first kappa shape index (κ1) is 14.0. The number of ether oxygens (including phenoxy) is 1. The summed E-state index contributed by atoms with van der Waals surface area (Å²) in [6.07, 6.45) is 0. The van der Waals surface area contributed by atoms with Crippen LogP contribution >= 0.6 is 15.9 Å². The molecule has 0 bridgehead atoms. The summed E-state index contributed by atoms with van der Waals surface area (Å²) in [5.74, 6) is 6.09. The molecule has 0 saturated heterocycles. The Bertz CT molecular complexity index is 560. The molecule has 2 aromatic carbocycles. The standard InChI is InChI=1S/C14H14BrFN2O/c1-19-11-6-7-13(15)12(8-11)14(18-17)9-2-4-10(16)5-3-9/h2-8,14,18H,17H2,1H3. The van der Waals surface area contributed by atoms with E-state index in [1.54, 1.807) is 19.2 Å². The van der Waals surface area contributed by atoms with Crippen molar-refractivity contribution in [3.8, 4) is 5.75 Å². The minimum atomic E-state index is -0.274. The summed E-state index contributed by atoms with van der Waals surface area (Å²) >= 11 is 3.49. The van der Waals surface area contributed by atoms with Gasteiger partial charge in [0.25, 0.3) is 0 Å². The molecule has 100 valence electrons. The first-order chi connectivity index (χ1) is 9.15. The first-order valence-corrected chi connectivity index (χ1v) is 6.50. The molecule has 0 aliphatic rings. The average molecular weight is 325 g/mol. The number of hydrogen-bond acceptors (Lipinski definition) is 3. The molecule has 3 N–H and O–H groups in total. The molecule has 0 amide bonds. The van der Waals surface area contributed by atoms with Crippen molar-refractivity contribution in [1.29, 1.82) is 0 Å². The van der Waals surface area contributed by atoms with Gasteiger partial charge in [-0.15, -0.1) is 0 Å². The van der Waals surface area contributed by atoms with Crippen LogP contribution in [0.25, 0.3) is 0 Å². The number of halogens is 2. The van der Waals surface area contributed by atoms with Gasteiger partial charge >= 0.3 is 0 Å². The van der Waals surface area contributed by atoms with Gasteiger partial charge in [0, 0.05) is 4.47 Å².